The lowest BCUT2D eigenvalue weighted by Crippen LogP contribution is -2.66. The van der Waals surface area contributed by atoms with Gasteiger partial charge in [-0.3, -0.25) is 4.79 Å². The van der Waals surface area contributed by atoms with Crippen molar-refractivity contribution >= 4 is 5.91 Å². The first-order chi connectivity index (χ1) is 45.8. The highest BCUT2D eigenvalue weighted by Gasteiger charge is 2.53. The molecule has 19 heteroatoms. The largest absolute Gasteiger partial charge is 0.394 e. The molecule has 0 aromatic carbocycles. The molecule has 0 aromatic heterocycles. The van der Waals surface area contributed by atoms with Crippen LogP contribution in [0.3, 0.4) is 0 Å². The van der Waals surface area contributed by atoms with Gasteiger partial charge in [-0.15, -0.1) is 0 Å². The predicted molar refractivity (Wildman–Crippen MR) is 369 cm³/mol. The molecule has 3 heterocycles. The van der Waals surface area contributed by atoms with Crippen molar-refractivity contribution in [3.8, 4) is 0 Å². The molecule has 0 saturated carbocycles. The van der Waals surface area contributed by atoms with E-state index >= 15 is 0 Å². The molecule has 548 valence electrons. The Morgan fingerprint density at radius 1 is 0.383 bits per heavy atom. The third-order valence-corrected chi connectivity index (χ3v) is 18.5. The lowest BCUT2D eigenvalue weighted by atomic mass is 9.96. The van der Waals surface area contributed by atoms with Crippen LogP contribution in [0.2, 0.25) is 0 Å². The second-order valence-electron chi connectivity index (χ2n) is 26.7. The van der Waals surface area contributed by atoms with Gasteiger partial charge in [0.05, 0.1) is 38.6 Å². The van der Waals surface area contributed by atoms with E-state index < -0.39 is 124 Å². The fourth-order valence-corrected chi connectivity index (χ4v) is 12.5. The summed E-state index contributed by atoms with van der Waals surface area (Å²) in [6.45, 7) is 1.66. The summed E-state index contributed by atoms with van der Waals surface area (Å²) in [6, 6.07) is -0.988. The number of aliphatic hydroxyl groups is 11. The minimum Gasteiger partial charge on any atom is -0.394 e. The Balaban J connectivity index is 1.27. The molecule has 3 saturated heterocycles. The molecule has 1 amide bonds. The molecule has 19 nitrogen and oxygen atoms in total. The number of amides is 1. The summed E-state index contributed by atoms with van der Waals surface area (Å²) < 4.78 is 34.3. The van der Waals surface area contributed by atoms with Crippen LogP contribution in [0.5, 0.6) is 0 Å². The zero-order valence-electron chi connectivity index (χ0n) is 58.2. The van der Waals surface area contributed by atoms with Crippen LogP contribution in [0.1, 0.15) is 277 Å². The number of ether oxygens (including phenoxy) is 6. The van der Waals surface area contributed by atoms with Crippen LogP contribution < -0.4 is 5.32 Å². The fraction of sp³-hybridized carbons (Fsp3) is 0.853. The number of aliphatic hydroxyl groups excluding tert-OH is 11. The number of unbranched alkanes of at least 4 members (excludes halogenated alkanes) is 34. The van der Waals surface area contributed by atoms with Gasteiger partial charge in [-0.1, -0.05) is 261 Å². The second-order valence-corrected chi connectivity index (χ2v) is 26.7. The molecule has 0 spiro atoms. The Kier molecular flexibility index (Phi) is 51.3. The van der Waals surface area contributed by atoms with E-state index in [1.807, 2.05) is 6.08 Å². The molecule has 17 atom stereocenters. The molecule has 17 unspecified atom stereocenters. The SMILES string of the molecule is CCCCCC/C=C/CC/C=C/C(O)C(COC1OC(CO)C(OC2OC(CO)C(OC3OC(CO)C(O)C(O)C3O)C(O)C2O)C(O)C1O)NC(=O)CCCCCCCCCCCCCCCCCCCCCCCCCC/C=C\C/C=C\C/C=C\CCCCCCC. The third-order valence-electron chi connectivity index (χ3n) is 18.5. The van der Waals surface area contributed by atoms with Gasteiger partial charge in [0.25, 0.3) is 0 Å². The number of allylic oxidation sites excluding steroid dienone is 9. The first-order valence-electron chi connectivity index (χ1n) is 37.5. The molecule has 3 aliphatic rings. The Morgan fingerprint density at radius 2 is 0.713 bits per heavy atom. The van der Waals surface area contributed by atoms with Crippen LogP contribution in [0.4, 0.5) is 0 Å². The van der Waals surface area contributed by atoms with Gasteiger partial charge >= 0.3 is 0 Å². The maximum atomic E-state index is 13.4. The Morgan fingerprint density at radius 3 is 1.15 bits per heavy atom. The van der Waals surface area contributed by atoms with Crippen LogP contribution in [-0.2, 0) is 33.2 Å². The Hall–Kier alpha value is -2.51. The van der Waals surface area contributed by atoms with E-state index in [1.54, 1.807) is 6.08 Å². The summed E-state index contributed by atoms with van der Waals surface area (Å²) in [5.41, 5.74) is 0. The highest BCUT2D eigenvalue weighted by Crippen LogP contribution is 2.33. The lowest BCUT2D eigenvalue weighted by Gasteiger charge is -2.48. The van der Waals surface area contributed by atoms with Gasteiger partial charge in [-0.05, 0) is 70.6 Å². The highest BCUT2D eigenvalue weighted by molar-refractivity contribution is 5.76. The molecule has 0 radical (unpaired) electrons. The van der Waals surface area contributed by atoms with Crippen molar-refractivity contribution in [1.82, 2.24) is 5.32 Å². The molecular weight excluding hydrogens is 1200 g/mol. The number of hydrogen-bond acceptors (Lipinski definition) is 18. The fourth-order valence-electron chi connectivity index (χ4n) is 12.5. The van der Waals surface area contributed by atoms with E-state index in [2.05, 4.69) is 67.8 Å². The van der Waals surface area contributed by atoms with Crippen molar-refractivity contribution in [2.75, 3.05) is 26.4 Å². The quantitative estimate of drug-likeness (QED) is 0.0199. The Bertz CT molecular complexity index is 1940. The van der Waals surface area contributed by atoms with Gasteiger partial charge in [-0.2, -0.15) is 0 Å². The van der Waals surface area contributed by atoms with Crippen LogP contribution in [0.15, 0.2) is 60.8 Å². The zero-order valence-corrected chi connectivity index (χ0v) is 58.2. The van der Waals surface area contributed by atoms with Crippen molar-refractivity contribution in [1.29, 1.82) is 0 Å². The van der Waals surface area contributed by atoms with Gasteiger partial charge in [-0.25, -0.2) is 0 Å². The number of carbonyl (C=O) groups is 1. The smallest absolute Gasteiger partial charge is 0.220 e. The molecular formula is C75H135NO18. The molecule has 3 fully saturated rings. The van der Waals surface area contributed by atoms with Gasteiger partial charge < -0.3 is 89.9 Å². The molecule has 0 aliphatic carbocycles. The van der Waals surface area contributed by atoms with E-state index in [-0.39, 0.29) is 18.9 Å². The summed E-state index contributed by atoms with van der Waals surface area (Å²) in [6.07, 6.45) is 44.1. The van der Waals surface area contributed by atoms with Crippen molar-refractivity contribution < 1.29 is 89.4 Å². The average molecular weight is 1340 g/mol. The molecule has 12 N–H and O–H groups in total. The molecule has 94 heavy (non-hydrogen) atoms. The summed E-state index contributed by atoms with van der Waals surface area (Å²) in [5.74, 6) is -0.285. The molecule has 3 rings (SSSR count). The van der Waals surface area contributed by atoms with Crippen LogP contribution in [0.25, 0.3) is 0 Å². The third kappa shape index (κ3) is 37.1. The molecule has 0 aromatic rings. The van der Waals surface area contributed by atoms with Crippen molar-refractivity contribution in [3.05, 3.63) is 60.8 Å². The van der Waals surface area contributed by atoms with E-state index in [4.69, 9.17) is 28.4 Å². The number of carbonyl (C=O) groups excluding carboxylic acids is 1. The van der Waals surface area contributed by atoms with Crippen molar-refractivity contribution in [3.63, 3.8) is 0 Å². The van der Waals surface area contributed by atoms with Crippen molar-refractivity contribution in [2.45, 2.75) is 381 Å². The monoisotopic (exact) mass is 1340 g/mol. The van der Waals surface area contributed by atoms with Crippen LogP contribution in [-0.4, -0.2) is 193 Å². The minimum atomic E-state index is -1.98. The zero-order chi connectivity index (χ0) is 68.2. The topological polar surface area (TPSA) is 307 Å². The number of nitrogens with one attached hydrogen (secondary N) is 1. The first kappa shape index (κ1) is 85.7. The van der Waals surface area contributed by atoms with E-state index in [0.717, 1.165) is 51.4 Å². The maximum Gasteiger partial charge on any atom is 0.220 e. The van der Waals surface area contributed by atoms with Gasteiger partial charge in [0.1, 0.15) is 73.2 Å². The molecule has 0 bridgehead atoms. The summed E-state index contributed by atoms with van der Waals surface area (Å²) >= 11 is 0. The second kappa shape index (κ2) is 56.3. The van der Waals surface area contributed by atoms with Crippen LogP contribution >= 0.6 is 0 Å². The first-order valence-corrected chi connectivity index (χ1v) is 37.5. The maximum absolute atomic E-state index is 13.4. The van der Waals surface area contributed by atoms with Crippen molar-refractivity contribution in [2.24, 2.45) is 0 Å². The van der Waals surface area contributed by atoms with E-state index in [9.17, 15) is 61.0 Å². The van der Waals surface area contributed by atoms with Crippen LogP contribution in [0, 0.1) is 0 Å². The highest BCUT2D eigenvalue weighted by atomic mass is 16.8. The van der Waals surface area contributed by atoms with E-state index in [1.165, 1.54) is 193 Å². The van der Waals surface area contributed by atoms with Gasteiger partial charge in [0.15, 0.2) is 18.9 Å². The van der Waals surface area contributed by atoms with Gasteiger partial charge in [0, 0.05) is 6.42 Å². The van der Waals surface area contributed by atoms with Gasteiger partial charge in [0.2, 0.25) is 5.91 Å². The summed E-state index contributed by atoms with van der Waals surface area (Å²) in [7, 11) is 0. The normalized spacial score (nSPS) is 27.7. The standard InChI is InChI=1S/C75H135NO18/c1-3-5-7-9-11-13-15-16-17-18-19-20-21-22-23-24-25-26-27-28-29-30-31-32-33-34-35-36-37-38-39-40-41-42-43-45-47-49-51-53-63(81)76-58(59(80)52-50-48-46-44-14-12-10-8-6-4-2)57-89-73-69(87)66(84)71(61(55-78)91-73)94-75-70(88)67(85)72(62(56-79)92-75)93-74-68(86)65(83)64(82)60(54-77)90-74/h14-16,18-19,21-22,44,50,52,58-62,64-75,77-80,82-88H,3-13,17,20,23-43,45-49,51,53-57H2,1-2H3,(H,76,81)/b16-15-,19-18-,22-21-,44-14+,52-50+. The summed E-state index contributed by atoms with van der Waals surface area (Å²) in [4.78, 5) is 13.4. The minimum absolute atomic E-state index is 0.237. The average Bonchev–Trinajstić information content (AvgIpc) is 0.787. The summed E-state index contributed by atoms with van der Waals surface area (Å²) in [5, 5.41) is 120. The van der Waals surface area contributed by atoms with E-state index in [0.29, 0.717) is 12.8 Å². The molecule has 3 aliphatic heterocycles. The number of hydrogen-bond donors (Lipinski definition) is 12. The lowest BCUT2D eigenvalue weighted by molar-refractivity contribution is -0.379. The predicted octanol–water partition coefficient (Wildman–Crippen LogP) is 11.1. The number of rotatable bonds is 58. The Labute approximate surface area is 566 Å².